The fourth-order valence-electron chi connectivity index (χ4n) is 10.8. The van der Waals surface area contributed by atoms with E-state index in [1.807, 2.05) is 0 Å². The second kappa shape index (κ2) is 18.5. The summed E-state index contributed by atoms with van der Waals surface area (Å²) in [4.78, 5) is 29.7. The standard InChI is InChI=1S/C43H82N8O3/c1-11-13-26-47(33-29-40(3,4)50(41(5,6)30-33)53-35-21-17-15-18-22-35)38-45-37(25-28-52)49(44)39(46-38)48(27-14-12-2)34-31-42(7,8)51(43(9,10)32-34)54-36-23-19-16-20-24-36/h33-36,39,52H,11-32,44H2,1-10H3. The molecule has 2 saturated heterocycles. The molecule has 0 aromatic rings. The summed E-state index contributed by atoms with van der Waals surface area (Å²) in [5, 5.41) is 16.8. The minimum absolute atomic E-state index is 0.00956. The quantitative estimate of drug-likeness (QED) is 0.160. The van der Waals surface area contributed by atoms with Crippen molar-refractivity contribution in [3.63, 3.8) is 0 Å². The first-order valence-corrected chi connectivity index (χ1v) is 22.3. The Bertz CT molecular complexity index is 1200. The molecule has 0 aromatic carbocycles. The average Bonchev–Trinajstić information content (AvgIpc) is 3.10. The highest BCUT2D eigenvalue weighted by molar-refractivity contribution is 5.97. The van der Waals surface area contributed by atoms with E-state index in [0.717, 1.165) is 96.1 Å². The normalized spacial score (nSPS) is 27.6. The number of aliphatic hydroxyl groups excluding tert-OH is 1. The maximum absolute atomic E-state index is 10.3. The summed E-state index contributed by atoms with van der Waals surface area (Å²) in [7, 11) is 0. The Morgan fingerprint density at radius 2 is 1.13 bits per heavy atom. The highest BCUT2D eigenvalue weighted by Crippen LogP contribution is 2.45. The van der Waals surface area contributed by atoms with Gasteiger partial charge in [-0.2, -0.15) is 15.1 Å². The predicted molar refractivity (Wildman–Crippen MR) is 222 cm³/mol. The molecule has 0 radical (unpaired) electrons. The molecule has 3 aliphatic heterocycles. The van der Waals surface area contributed by atoms with Crippen molar-refractivity contribution in [1.82, 2.24) is 24.9 Å². The lowest BCUT2D eigenvalue weighted by molar-refractivity contribution is -0.315. The largest absolute Gasteiger partial charge is 0.396 e. The molecule has 0 bridgehead atoms. The maximum atomic E-state index is 10.3. The SMILES string of the molecule is CCCCN(C1=NC(N(CCCC)C2CC(C)(C)N(OC3CCCCC3)C(C)(C)C2)N(N)C(CCO)=N1)C1CC(C)(C)N(OC2CCCCC2)C(C)(C)C1. The van der Waals surface area contributed by atoms with Crippen LogP contribution < -0.4 is 5.84 Å². The zero-order valence-corrected chi connectivity index (χ0v) is 36.4. The van der Waals surface area contributed by atoms with Crippen molar-refractivity contribution < 1.29 is 14.8 Å². The first-order chi connectivity index (χ1) is 25.5. The molecule has 0 spiro atoms. The Balaban J connectivity index is 1.46. The molecule has 4 fully saturated rings. The summed E-state index contributed by atoms with van der Waals surface area (Å²) < 4.78 is 0. The molecule has 5 aliphatic rings. The van der Waals surface area contributed by atoms with Crippen LogP contribution in [0.2, 0.25) is 0 Å². The van der Waals surface area contributed by atoms with Gasteiger partial charge in [-0.15, -0.1) is 0 Å². The van der Waals surface area contributed by atoms with Gasteiger partial charge in [0.15, 0.2) is 6.29 Å². The number of aliphatic hydroxyl groups is 1. The van der Waals surface area contributed by atoms with Crippen molar-refractivity contribution in [3.05, 3.63) is 0 Å². The Morgan fingerprint density at radius 3 is 1.57 bits per heavy atom. The van der Waals surface area contributed by atoms with Gasteiger partial charge < -0.3 is 10.0 Å². The van der Waals surface area contributed by atoms with Crippen LogP contribution >= 0.6 is 0 Å². The highest BCUT2D eigenvalue weighted by Gasteiger charge is 2.52. The van der Waals surface area contributed by atoms with E-state index < -0.39 is 6.29 Å². The van der Waals surface area contributed by atoms with E-state index in [0.29, 0.717) is 24.5 Å². The summed E-state index contributed by atoms with van der Waals surface area (Å²) in [6, 6.07) is 0.474. The number of rotatable bonds is 15. The number of nitrogens with two attached hydrogens (primary N) is 1. The molecule has 1 unspecified atom stereocenters. The monoisotopic (exact) mass is 759 g/mol. The predicted octanol–water partition coefficient (Wildman–Crippen LogP) is 8.37. The third-order valence-corrected chi connectivity index (χ3v) is 13.1. The summed E-state index contributed by atoms with van der Waals surface area (Å²) in [6.45, 7) is 25.2. The van der Waals surface area contributed by atoms with Crippen molar-refractivity contribution >= 4 is 11.8 Å². The Hall–Kier alpha value is -1.34. The van der Waals surface area contributed by atoms with Crippen LogP contribution in [0.1, 0.15) is 191 Å². The summed E-state index contributed by atoms with van der Waals surface area (Å²) in [6.07, 6.45) is 21.0. The first-order valence-electron chi connectivity index (χ1n) is 22.3. The fourth-order valence-corrected chi connectivity index (χ4v) is 10.8. The first kappa shape index (κ1) is 43.8. The second-order valence-electron chi connectivity index (χ2n) is 20.0. The number of guanidine groups is 1. The number of hydrogen-bond acceptors (Lipinski definition) is 11. The summed E-state index contributed by atoms with van der Waals surface area (Å²) >= 11 is 0. The van der Waals surface area contributed by atoms with Crippen molar-refractivity contribution in [2.45, 2.75) is 244 Å². The second-order valence-corrected chi connectivity index (χ2v) is 20.0. The molecule has 54 heavy (non-hydrogen) atoms. The van der Waals surface area contributed by atoms with Gasteiger partial charge in [0, 0.05) is 53.7 Å². The number of hydroxylamine groups is 4. The molecular formula is C43H82N8O3. The van der Waals surface area contributed by atoms with Crippen LogP contribution in [0.25, 0.3) is 0 Å². The van der Waals surface area contributed by atoms with Gasteiger partial charge in [0.05, 0.1) is 18.8 Å². The summed E-state index contributed by atoms with van der Waals surface area (Å²) in [5.41, 5.74) is -0.680. The zero-order valence-electron chi connectivity index (χ0n) is 36.4. The van der Waals surface area contributed by atoms with Crippen LogP contribution in [0.15, 0.2) is 9.98 Å². The molecule has 0 aromatic heterocycles. The lowest BCUT2D eigenvalue weighted by Crippen LogP contribution is -2.68. The van der Waals surface area contributed by atoms with Crippen LogP contribution in [0.3, 0.4) is 0 Å². The third-order valence-electron chi connectivity index (χ3n) is 13.1. The van der Waals surface area contributed by atoms with E-state index in [9.17, 15) is 5.11 Å². The Kier molecular flexibility index (Phi) is 15.0. The van der Waals surface area contributed by atoms with Gasteiger partial charge >= 0.3 is 0 Å². The van der Waals surface area contributed by atoms with E-state index >= 15 is 0 Å². The van der Waals surface area contributed by atoms with E-state index in [-0.39, 0.29) is 40.8 Å². The van der Waals surface area contributed by atoms with E-state index in [2.05, 4.69) is 89.2 Å². The molecule has 11 heteroatoms. The van der Waals surface area contributed by atoms with Gasteiger partial charge in [0.1, 0.15) is 5.84 Å². The lowest BCUT2D eigenvalue weighted by atomic mass is 9.78. The van der Waals surface area contributed by atoms with Gasteiger partial charge in [-0.05, 0) is 120 Å². The lowest BCUT2D eigenvalue weighted by Gasteiger charge is -2.58. The van der Waals surface area contributed by atoms with Gasteiger partial charge in [-0.3, -0.25) is 19.6 Å². The molecule has 2 aliphatic carbocycles. The van der Waals surface area contributed by atoms with Crippen molar-refractivity contribution in [2.24, 2.45) is 15.8 Å². The molecule has 3 N–H and O–H groups in total. The molecule has 11 nitrogen and oxygen atoms in total. The number of hydrazine groups is 1. The van der Waals surface area contributed by atoms with Crippen molar-refractivity contribution in [3.8, 4) is 0 Å². The molecule has 3 heterocycles. The van der Waals surface area contributed by atoms with Crippen molar-refractivity contribution in [2.75, 3.05) is 19.7 Å². The molecule has 5 rings (SSSR count). The molecule has 1 atom stereocenters. The molecule has 0 amide bonds. The highest BCUT2D eigenvalue weighted by atomic mass is 16.7. The van der Waals surface area contributed by atoms with Crippen LogP contribution in [0, 0.1) is 0 Å². The van der Waals surface area contributed by atoms with Crippen LogP contribution in [-0.2, 0) is 9.68 Å². The maximum Gasteiger partial charge on any atom is 0.225 e. The smallest absolute Gasteiger partial charge is 0.225 e. The minimum atomic E-state index is -0.409. The number of piperidine rings is 2. The average molecular weight is 759 g/mol. The Labute approximate surface area is 330 Å². The van der Waals surface area contributed by atoms with Crippen LogP contribution in [0.5, 0.6) is 0 Å². The molecule has 2 saturated carbocycles. The fraction of sp³-hybridized carbons (Fsp3) is 0.953. The number of hydrogen-bond donors (Lipinski definition) is 2. The van der Waals surface area contributed by atoms with Gasteiger partial charge in [0.2, 0.25) is 5.96 Å². The minimum Gasteiger partial charge on any atom is -0.396 e. The van der Waals surface area contributed by atoms with Gasteiger partial charge in [0.25, 0.3) is 0 Å². The molecule has 312 valence electrons. The zero-order chi connectivity index (χ0) is 39.3. The van der Waals surface area contributed by atoms with Crippen molar-refractivity contribution in [1.29, 1.82) is 0 Å². The van der Waals surface area contributed by atoms with Gasteiger partial charge in [-0.1, -0.05) is 65.2 Å². The number of amidine groups is 1. The van der Waals surface area contributed by atoms with E-state index in [1.165, 1.54) is 38.5 Å². The van der Waals surface area contributed by atoms with Gasteiger partial charge in [-0.25, -0.2) is 10.8 Å². The Morgan fingerprint density at radius 1 is 0.685 bits per heavy atom. The summed E-state index contributed by atoms with van der Waals surface area (Å²) in [5.74, 6) is 8.56. The van der Waals surface area contributed by atoms with Crippen LogP contribution in [0.4, 0.5) is 0 Å². The van der Waals surface area contributed by atoms with E-state index in [4.69, 9.17) is 25.5 Å². The van der Waals surface area contributed by atoms with Crippen LogP contribution in [-0.4, -0.2) is 114 Å². The number of aliphatic imine (C=N–C) groups is 2. The molecular weight excluding hydrogens is 677 g/mol. The number of nitrogens with zero attached hydrogens (tertiary/aromatic N) is 7. The third kappa shape index (κ3) is 10.4. The number of unbranched alkanes of at least 4 members (excludes halogenated alkanes) is 2. The van der Waals surface area contributed by atoms with E-state index in [1.54, 1.807) is 5.01 Å². The topological polar surface area (TPSA) is 106 Å².